The third kappa shape index (κ3) is 9.21. The second kappa shape index (κ2) is 16.8. The van der Waals surface area contributed by atoms with E-state index < -0.39 is 56.7 Å². The van der Waals surface area contributed by atoms with Crippen LogP contribution in [0.2, 0.25) is 0 Å². The zero-order chi connectivity index (χ0) is 38.9. The Morgan fingerprint density at radius 2 is 1.74 bits per heavy atom. The lowest BCUT2D eigenvalue weighted by Crippen LogP contribution is -2.71. The lowest BCUT2D eigenvalue weighted by Gasteiger charge is -2.70. The highest BCUT2D eigenvalue weighted by Crippen LogP contribution is 2.83. The molecule has 298 valence electrons. The Labute approximate surface area is 327 Å². The molecule has 1 aliphatic heterocycles. The average Bonchev–Trinajstić information content (AvgIpc) is 3.88. The molecule has 14 nitrogen and oxygen atoms in total. The van der Waals surface area contributed by atoms with Gasteiger partial charge in [-0.15, -0.1) is 0 Å². The lowest BCUT2D eigenvalue weighted by molar-refractivity contribution is -0.316. The quantitative estimate of drug-likeness (QED) is 0.0695. The van der Waals surface area contributed by atoms with Crippen LogP contribution in [0.3, 0.4) is 0 Å². The smallest absolute Gasteiger partial charge is 0.303 e. The molecule has 2 bridgehead atoms. The largest absolute Gasteiger partial charge is 0.456 e. The number of nitrogens with zero attached hydrogens (tertiary/aromatic N) is 3. The average molecular weight is 809 g/mol. The summed E-state index contributed by atoms with van der Waals surface area (Å²) >= 11 is 0. The van der Waals surface area contributed by atoms with Crippen molar-refractivity contribution in [3.05, 3.63) is 24.4 Å². The van der Waals surface area contributed by atoms with Gasteiger partial charge < -0.3 is 38.0 Å². The van der Waals surface area contributed by atoms with E-state index in [4.69, 9.17) is 38.0 Å². The van der Waals surface area contributed by atoms with Crippen molar-refractivity contribution >= 4 is 48.0 Å². The molecule has 54 heavy (non-hydrogen) atoms. The summed E-state index contributed by atoms with van der Waals surface area (Å²) in [6.07, 6.45) is 2.33. The van der Waals surface area contributed by atoms with E-state index in [9.17, 15) is 14.4 Å². The van der Waals surface area contributed by atoms with E-state index in [1.165, 1.54) is 20.8 Å². The van der Waals surface area contributed by atoms with Crippen LogP contribution in [0.15, 0.2) is 29.4 Å². The minimum atomic E-state index is -1.43. The van der Waals surface area contributed by atoms with Crippen molar-refractivity contribution in [1.29, 1.82) is 5.26 Å². The molecule has 1 saturated heterocycles. The molecular weight excluding hydrogens is 756 g/mol. The molecule has 1 N–H and O–H groups in total. The van der Waals surface area contributed by atoms with E-state index >= 15 is 0 Å². The van der Waals surface area contributed by atoms with Crippen LogP contribution < -0.4 is 5.32 Å². The molecule has 1 aromatic heterocycles. The standard InChI is InChI=1S/C37H53N4O10PS2/c1-23(2)41(24(3)4)52(47-14-10-12-38)51-37-19-35(37,20-37)21-45-33-30(40-25(5)42)32(49-27(7)44)31(48-26(6)43)28(50-33)15-46-36-16-34(17-36,18-36)22-53-54-29-11-8-9-13-39-29/h8-9,11,13,23-24,28,30-33H,10,14-22H2,1-7H3,(H,40,42). The molecule has 6 aliphatic rings. The van der Waals surface area contributed by atoms with Crippen molar-refractivity contribution in [3.63, 3.8) is 0 Å². The van der Waals surface area contributed by atoms with Crippen LogP contribution in [0.1, 0.15) is 87.0 Å². The monoisotopic (exact) mass is 808 g/mol. The molecule has 5 saturated carbocycles. The number of rotatable bonds is 21. The van der Waals surface area contributed by atoms with Crippen LogP contribution in [0.5, 0.6) is 0 Å². The molecular formula is C37H53N4O10PS2. The summed E-state index contributed by atoms with van der Waals surface area (Å²) in [5.74, 6) is -0.581. The van der Waals surface area contributed by atoms with Gasteiger partial charge in [0.1, 0.15) is 17.2 Å². The molecule has 7 rings (SSSR count). The van der Waals surface area contributed by atoms with E-state index in [-0.39, 0.29) is 60.7 Å². The van der Waals surface area contributed by atoms with Gasteiger partial charge in [0, 0.05) is 50.2 Å². The second-order valence-electron chi connectivity index (χ2n) is 16.0. The molecule has 0 aromatic carbocycles. The van der Waals surface area contributed by atoms with Crippen molar-refractivity contribution in [2.75, 3.05) is 25.6 Å². The minimum Gasteiger partial charge on any atom is -0.456 e. The Morgan fingerprint density at radius 1 is 1.06 bits per heavy atom. The number of aromatic nitrogens is 1. The topological polar surface area (TPSA) is 168 Å². The summed E-state index contributed by atoms with van der Waals surface area (Å²) in [5.41, 5.74) is -0.743. The number of hydrogen-bond acceptors (Lipinski definition) is 15. The fraction of sp³-hybridized carbons (Fsp3) is 0.757. The maximum Gasteiger partial charge on any atom is 0.303 e. The maximum absolute atomic E-state index is 12.5. The van der Waals surface area contributed by atoms with Gasteiger partial charge >= 0.3 is 11.9 Å². The maximum atomic E-state index is 12.5. The summed E-state index contributed by atoms with van der Waals surface area (Å²) < 4.78 is 46.2. The second-order valence-corrected chi connectivity index (χ2v) is 19.7. The Bertz CT molecular complexity index is 1530. The third-order valence-corrected chi connectivity index (χ3v) is 15.5. The van der Waals surface area contributed by atoms with Crippen molar-refractivity contribution in [3.8, 4) is 6.07 Å². The summed E-state index contributed by atoms with van der Waals surface area (Å²) in [6.45, 7) is 12.9. The first-order valence-corrected chi connectivity index (χ1v) is 22.1. The van der Waals surface area contributed by atoms with Crippen LogP contribution in [-0.2, 0) is 47.1 Å². The molecule has 1 aromatic rings. The molecule has 6 atom stereocenters. The zero-order valence-corrected chi connectivity index (χ0v) is 34.6. The number of ether oxygens (including phenoxy) is 5. The number of carbonyl (C=O) groups is 3. The Hall–Kier alpha value is -2.06. The normalized spacial score (nSPS) is 34.9. The number of fused-ring (bicyclic) bond motifs is 1. The van der Waals surface area contributed by atoms with E-state index in [0.717, 1.165) is 42.9 Å². The van der Waals surface area contributed by atoms with Crippen molar-refractivity contribution < 1.29 is 47.1 Å². The summed E-state index contributed by atoms with van der Waals surface area (Å²) in [6, 6.07) is 7.40. The first kappa shape index (κ1) is 41.6. The lowest BCUT2D eigenvalue weighted by atomic mass is 9.42. The van der Waals surface area contributed by atoms with Gasteiger partial charge in [-0.2, -0.15) is 5.26 Å². The van der Waals surface area contributed by atoms with E-state index in [1.807, 2.05) is 18.2 Å². The molecule has 5 aliphatic carbocycles. The molecule has 0 radical (unpaired) electrons. The van der Waals surface area contributed by atoms with E-state index in [2.05, 4.69) is 48.7 Å². The number of esters is 2. The van der Waals surface area contributed by atoms with Crippen LogP contribution in [-0.4, -0.2) is 107 Å². The highest BCUT2D eigenvalue weighted by molar-refractivity contribution is 8.76. The van der Waals surface area contributed by atoms with Gasteiger partial charge in [-0.3, -0.25) is 14.4 Å². The van der Waals surface area contributed by atoms with Crippen LogP contribution in [0.4, 0.5) is 0 Å². The predicted octanol–water partition coefficient (Wildman–Crippen LogP) is 5.70. The number of carbonyl (C=O) groups excluding carboxylic acids is 3. The van der Waals surface area contributed by atoms with Crippen LogP contribution in [0, 0.1) is 22.2 Å². The van der Waals surface area contributed by atoms with Crippen LogP contribution in [0.25, 0.3) is 0 Å². The van der Waals surface area contributed by atoms with Crippen molar-refractivity contribution in [2.24, 2.45) is 10.8 Å². The first-order valence-electron chi connectivity index (χ1n) is 18.6. The highest BCUT2D eigenvalue weighted by Gasteiger charge is 2.86. The first-order chi connectivity index (χ1) is 25.6. The number of nitriles is 1. The van der Waals surface area contributed by atoms with Crippen molar-refractivity contribution in [1.82, 2.24) is 15.0 Å². The fourth-order valence-electron chi connectivity index (χ4n) is 8.33. The summed E-state index contributed by atoms with van der Waals surface area (Å²) in [5, 5.41) is 12.9. The summed E-state index contributed by atoms with van der Waals surface area (Å²) in [4.78, 5) is 41.8. The van der Waals surface area contributed by atoms with Gasteiger partial charge in [0.15, 0.2) is 18.5 Å². The number of hydrogen-bond donors (Lipinski definition) is 1. The van der Waals surface area contributed by atoms with Crippen LogP contribution >= 0.6 is 30.1 Å². The van der Waals surface area contributed by atoms with Gasteiger partial charge in [-0.25, -0.2) is 9.65 Å². The highest BCUT2D eigenvalue weighted by atomic mass is 33.1. The zero-order valence-electron chi connectivity index (χ0n) is 32.1. The SMILES string of the molecule is CC(=O)NC1C(OCC23CC2(OP(OCCC#N)N(C(C)C)C(C)C)C3)OC(COC23CC(CSSc4ccccn4)(C2)C3)C(OC(C)=O)C1OC(C)=O. The van der Waals surface area contributed by atoms with E-state index in [0.29, 0.717) is 0 Å². The van der Waals surface area contributed by atoms with Gasteiger partial charge in [-0.05, 0) is 88.1 Å². The Morgan fingerprint density at radius 3 is 2.33 bits per heavy atom. The van der Waals surface area contributed by atoms with Gasteiger partial charge in [-0.1, -0.05) is 16.9 Å². The number of amides is 1. The summed E-state index contributed by atoms with van der Waals surface area (Å²) in [7, 11) is 2.05. The number of nitrogens with one attached hydrogen (secondary N) is 1. The number of pyridine rings is 1. The fourth-order valence-corrected chi connectivity index (χ4v) is 12.8. The molecule has 1 amide bonds. The molecule has 17 heteroatoms. The Balaban J connectivity index is 1.11. The minimum absolute atomic E-state index is 0.0804. The molecule has 6 fully saturated rings. The third-order valence-electron chi connectivity index (χ3n) is 10.8. The molecule has 6 unspecified atom stereocenters. The van der Waals surface area contributed by atoms with Gasteiger partial charge in [0.2, 0.25) is 5.91 Å². The predicted molar refractivity (Wildman–Crippen MR) is 202 cm³/mol. The van der Waals surface area contributed by atoms with E-state index in [1.54, 1.807) is 27.8 Å². The molecule has 2 heterocycles. The van der Waals surface area contributed by atoms with Gasteiger partial charge in [0.05, 0.1) is 43.5 Å². The molecule has 0 spiro atoms. The Kier molecular flexibility index (Phi) is 12.9. The van der Waals surface area contributed by atoms with Crippen molar-refractivity contribution in [2.45, 2.75) is 146 Å². The van der Waals surface area contributed by atoms with Gasteiger partial charge in [0.25, 0.3) is 8.53 Å².